The average Bonchev–Trinajstić information content (AvgIpc) is 0.802. The summed E-state index contributed by atoms with van der Waals surface area (Å²) in [6.07, 6.45) is 17.3. The summed E-state index contributed by atoms with van der Waals surface area (Å²) in [5.74, 6) is 0.895. The second-order valence-corrected chi connectivity index (χ2v) is 35.8. The van der Waals surface area contributed by atoms with E-state index < -0.39 is 0 Å². The van der Waals surface area contributed by atoms with Gasteiger partial charge in [0.25, 0.3) is 0 Å². The van der Waals surface area contributed by atoms with E-state index in [2.05, 4.69) is 549 Å². The second-order valence-electron chi connectivity index (χ2n) is 35.8. The van der Waals surface area contributed by atoms with E-state index in [0.29, 0.717) is 6.61 Å². The molecule has 0 unspecified atom stereocenters. The first-order chi connectivity index (χ1) is 67.5. The molecular weight excluding hydrogens is 1670 g/mol. The first-order valence-electron chi connectivity index (χ1n) is 47.7. The molecule has 0 saturated heterocycles. The molecule has 0 aliphatic heterocycles. The van der Waals surface area contributed by atoms with Crippen molar-refractivity contribution in [1.82, 2.24) is 0 Å². The van der Waals surface area contributed by atoms with Gasteiger partial charge in [0.05, 0.1) is 6.61 Å². The van der Waals surface area contributed by atoms with Gasteiger partial charge >= 0.3 is 0 Å². The minimum absolute atomic E-state index is 0.637. The van der Waals surface area contributed by atoms with E-state index in [1.54, 1.807) is 0 Å². The predicted molar refractivity (Wildman–Crippen MR) is 594 cm³/mol. The molecule has 0 fully saturated rings. The van der Waals surface area contributed by atoms with Gasteiger partial charge in [-0.15, -0.1) is 0 Å². The number of benzene rings is 19. The van der Waals surface area contributed by atoms with Crippen LogP contribution < -0.4 is 24.3 Å². The van der Waals surface area contributed by atoms with Crippen LogP contribution in [0.5, 0.6) is 5.75 Å². The SMILES string of the molecule is CCOc1ccccc1/C=C/c1ccc(N(c2ccc(-c3ccc(-c4ccc(N(c5ccc(/C=C/c6ccccc6C)cc5)c5ccc(C)cc5C)cc4)cc3)cc2)c2ccc(C)cc2C)cc1.Cc1ccc(N(c2ccc(/C=C/c3ccccc3)cc2)c2ccc(-c3ccc(-c4ccc(-c5ccc(N(c6ccc(/C=C/c7ccccc7)cc6)c6ccc(C)cc6C)cc5)cc4)cc3)cc2)c(C)c1. The van der Waals surface area contributed by atoms with Crippen LogP contribution in [0.25, 0.3) is 104 Å². The predicted octanol–water partition coefficient (Wildman–Crippen LogP) is 37.4. The van der Waals surface area contributed by atoms with Crippen molar-refractivity contribution in [3.05, 3.63) is 543 Å². The molecule has 0 aliphatic carbocycles. The van der Waals surface area contributed by atoms with Gasteiger partial charge in [-0.1, -0.05) is 392 Å². The Hall–Kier alpha value is -16.9. The quantitative estimate of drug-likeness (QED) is 0.0477. The van der Waals surface area contributed by atoms with Gasteiger partial charge in [0.1, 0.15) is 5.75 Å². The van der Waals surface area contributed by atoms with Crippen LogP contribution in [0, 0.1) is 62.3 Å². The topological polar surface area (TPSA) is 22.2 Å². The van der Waals surface area contributed by atoms with Gasteiger partial charge < -0.3 is 24.3 Å². The van der Waals surface area contributed by atoms with Crippen LogP contribution in [0.1, 0.15) is 102 Å². The van der Waals surface area contributed by atoms with E-state index in [4.69, 9.17) is 4.74 Å². The Morgan fingerprint density at radius 3 is 0.609 bits per heavy atom. The summed E-state index contributed by atoms with van der Waals surface area (Å²) in [4.78, 5) is 9.43. The minimum Gasteiger partial charge on any atom is -0.493 e. The van der Waals surface area contributed by atoms with E-state index in [1.807, 2.05) is 37.3 Å². The standard InChI is InChI=1S/C68H56N2.C65H58N2O/c1-49-15-45-67(51(3)47-49)69(63-37-21-55(22-38-63)19-17-53-11-7-5-8-12-53)65-41-33-61(34-42-65)59-29-25-57(26-30-59)58-27-31-60(32-28-58)62-35-43-66(44-36-62)70(68-46-16-50(2)48-52(68)4)64-39-23-56(24-40-64)20-18-54-13-9-6-10-14-54;1-7-68-65-15-11-10-14-58(65)25-19-52-22-36-60(37-23-52)67(64-43-17-47(3)45-50(64)6)62-40-32-57(33-41-62)55-28-26-54(27-29-55)56-30-38-61(39-31-56)66(63-42-16-46(2)44-49(63)5)59-34-20-51(21-35-59)18-24-53-13-9-8-12-48(53)4/h5-48H,1-4H3;8-45H,7H2,1-6H3/b19-17+,20-18+;24-18+,25-19+. The first kappa shape index (κ1) is 91.6. The molecule has 0 spiro atoms. The number of aryl methyl sites for hydroxylation is 9. The molecule has 0 bridgehead atoms. The fourth-order valence-corrected chi connectivity index (χ4v) is 18.2. The van der Waals surface area contributed by atoms with Crippen molar-refractivity contribution in [3.63, 3.8) is 0 Å². The Morgan fingerprint density at radius 1 is 0.174 bits per heavy atom. The minimum atomic E-state index is 0.637. The molecule has 0 aliphatic rings. The van der Waals surface area contributed by atoms with Gasteiger partial charge in [0.2, 0.25) is 0 Å². The molecule has 5 heteroatoms. The fourth-order valence-electron chi connectivity index (χ4n) is 18.2. The molecule has 19 rings (SSSR count). The van der Waals surface area contributed by atoms with Crippen molar-refractivity contribution in [2.75, 3.05) is 26.2 Å². The third-order valence-corrected chi connectivity index (χ3v) is 25.7. The summed E-state index contributed by atoms with van der Waals surface area (Å²) in [5.41, 5.74) is 45.9. The normalized spacial score (nSPS) is 11.3. The Morgan fingerprint density at radius 2 is 0.370 bits per heavy atom. The highest BCUT2D eigenvalue weighted by atomic mass is 16.5. The van der Waals surface area contributed by atoms with Gasteiger partial charge in [0.15, 0.2) is 0 Å². The van der Waals surface area contributed by atoms with Crippen LogP contribution in [0.2, 0.25) is 0 Å². The largest absolute Gasteiger partial charge is 0.493 e. The average molecular weight is 1780 g/mol. The van der Waals surface area contributed by atoms with Crippen LogP contribution in [0.4, 0.5) is 68.2 Å². The molecule has 0 amide bonds. The van der Waals surface area contributed by atoms with E-state index in [9.17, 15) is 0 Å². The Balaban J connectivity index is 0.000000183. The molecule has 19 aromatic carbocycles. The zero-order chi connectivity index (χ0) is 94.8. The molecule has 0 saturated carbocycles. The molecule has 0 heterocycles. The number of nitrogens with zero attached hydrogens (tertiary/aromatic N) is 4. The molecule has 5 nitrogen and oxygen atoms in total. The molecule has 0 aromatic heterocycles. The monoisotopic (exact) mass is 1780 g/mol. The zero-order valence-electron chi connectivity index (χ0n) is 80.2. The van der Waals surface area contributed by atoms with Gasteiger partial charge in [-0.25, -0.2) is 0 Å². The van der Waals surface area contributed by atoms with Crippen LogP contribution in [-0.2, 0) is 0 Å². The summed E-state index contributed by atoms with van der Waals surface area (Å²) in [6.45, 7) is 22.2. The Bertz CT molecular complexity index is 7260. The molecule has 0 radical (unpaired) electrons. The van der Waals surface area contributed by atoms with Crippen molar-refractivity contribution in [2.45, 2.75) is 69.2 Å². The highest BCUT2D eigenvalue weighted by Gasteiger charge is 2.22. The maximum absolute atomic E-state index is 5.85. The number of rotatable bonds is 27. The molecule has 0 N–H and O–H groups in total. The van der Waals surface area contributed by atoms with Crippen molar-refractivity contribution in [3.8, 4) is 61.4 Å². The van der Waals surface area contributed by atoms with Gasteiger partial charge in [-0.3, -0.25) is 0 Å². The first-order valence-corrected chi connectivity index (χ1v) is 47.7. The van der Waals surface area contributed by atoms with Gasteiger partial charge in [0, 0.05) is 73.8 Å². The van der Waals surface area contributed by atoms with E-state index in [-0.39, 0.29) is 0 Å². The highest BCUT2D eigenvalue weighted by molar-refractivity contribution is 5.89. The molecular formula is C133H114N4O. The second kappa shape index (κ2) is 43.0. The number of hydrogen-bond acceptors (Lipinski definition) is 5. The Labute approximate surface area is 816 Å². The Kier molecular flexibility index (Phi) is 28.6. The highest BCUT2D eigenvalue weighted by Crippen LogP contribution is 2.45. The van der Waals surface area contributed by atoms with Crippen LogP contribution in [-0.4, -0.2) is 6.61 Å². The lowest BCUT2D eigenvalue weighted by molar-refractivity contribution is 0.339. The lowest BCUT2D eigenvalue weighted by Crippen LogP contribution is -2.11. The number of hydrogen-bond donors (Lipinski definition) is 0. The van der Waals surface area contributed by atoms with E-state index >= 15 is 0 Å². The third-order valence-electron chi connectivity index (χ3n) is 25.7. The van der Waals surface area contributed by atoms with Gasteiger partial charge in [-0.2, -0.15) is 0 Å². The summed E-state index contributed by atoms with van der Waals surface area (Å²) >= 11 is 0. The summed E-state index contributed by atoms with van der Waals surface area (Å²) in [5, 5.41) is 0. The van der Waals surface area contributed by atoms with Crippen LogP contribution in [0.15, 0.2) is 449 Å². The maximum atomic E-state index is 5.85. The summed E-state index contributed by atoms with van der Waals surface area (Å²) in [7, 11) is 0. The molecule has 0 atom stereocenters. The van der Waals surface area contributed by atoms with Crippen molar-refractivity contribution < 1.29 is 4.74 Å². The molecule has 138 heavy (non-hydrogen) atoms. The van der Waals surface area contributed by atoms with Crippen molar-refractivity contribution >= 4 is 117 Å². The zero-order valence-corrected chi connectivity index (χ0v) is 80.2. The lowest BCUT2D eigenvalue weighted by Gasteiger charge is -2.27. The summed E-state index contributed by atoms with van der Waals surface area (Å²) in [6, 6.07) is 162. The van der Waals surface area contributed by atoms with Crippen LogP contribution in [0.3, 0.4) is 0 Å². The van der Waals surface area contributed by atoms with E-state index in [1.165, 1.54) is 145 Å². The molecule has 672 valence electrons. The number of ether oxygens (including phenoxy) is 1. The lowest BCUT2D eigenvalue weighted by atomic mass is 9.97. The van der Waals surface area contributed by atoms with Gasteiger partial charge in [-0.05, 0) is 319 Å². The van der Waals surface area contributed by atoms with Crippen molar-refractivity contribution in [2.24, 2.45) is 0 Å². The fraction of sp³-hybridized carbons (Fsp3) is 0.0827. The third kappa shape index (κ3) is 22.1. The van der Waals surface area contributed by atoms with E-state index in [0.717, 1.165) is 79.2 Å². The smallest absolute Gasteiger partial charge is 0.126 e. The molecule has 19 aromatic rings. The summed E-state index contributed by atoms with van der Waals surface area (Å²) < 4.78 is 5.85. The van der Waals surface area contributed by atoms with Crippen molar-refractivity contribution in [1.29, 1.82) is 0 Å². The number of para-hydroxylation sites is 1. The number of anilines is 12. The maximum Gasteiger partial charge on any atom is 0.126 e. The van der Waals surface area contributed by atoms with Crippen LogP contribution >= 0.6 is 0 Å².